The van der Waals surface area contributed by atoms with Gasteiger partial charge in [-0.25, -0.2) is 4.98 Å². The minimum Gasteiger partial charge on any atom is -0.494 e. The van der Waals surface area contributed by atoms with Crippen LogP contribution in [0.3, 0.4) is 0 Å². The highest BCUT2D eigenvalue weighted by Crippen LogP contribution is 2.19. The van der Waals surface area contributed by atoms with E-state index in [2.05, 4.69) is 25.7 Å². The monoisotopic (exact) mass is 368 g/mol. The fraction of sp³-hybridized carbons (Fsp3) is 0.316. The molecular formula is C19H24N6O2. The van der Waals surface area contributed by atoms with Crippen molar-refractivity contribution in [2.45, 2.75) is 26.9 Å². The van der Waals surface area contributed by atoms with Crippen LogP contribution < -0.4 is 15.4 Å². The van der Waals surface area contributed by atoms with Gasteiger partial charge in [-0.2, -0.15) is 10.1 Å². The number of nitrogens with one attached hydrogen (secondary N) is 2. The molecule has 2 heterocycles. The van der Waals surface area contributed by atoms with Gasteiger partial charge in [-0.1, -0.05) is 12.1 Å². The number of nitrogens with zero attached hydrogens (tertiary/aromatic N) is 4. The number of aromatic nitrogens is 4. The average Bonchev–Trinajstić information content (AvgIpc) is 3.10. The Hall–Kier alpha value is -3.13. The number of aliphatic hydroxyl groups is 1. The van der Waals surface area contributed by atoms with E-state index in [1.54, 1.807) is 23.3 Å². The first-order valence-corrected chi connectivity index (χ1v) is 8.87. The number of benzene rings is 1. The van der Waals surface area contributed by atoms with Gasteiger partial charge in [0.05, 0.1) is 31.6 Å². The Kier molecular flexibility index (Phi) is 6.22. The van der Waals surface area contributed by atoms with Gasteiger partial charge in [-0.3, -0.25) is 4.68 Å². The van der Waals surface area contributed by atoms with E-state index in [0.717, 1.165) is 28.4 Å². The summed E-state index contributed by atoms with van der Waals surface area (Å²) in [7, 11) is 0. The summed E-state index contributed by atoms with van der Waals surface area (Å²) >= 11 is 0. The Labute approximate surface area is 158 Å². The molecule has 1 aromatic carbocycles. The Morgan fingerprint density at radius 2 is 2.15 bits per heavy atom. The molecular weight excluding hydrogens is 344 g/mol. The Balaban J connectivity index is 1.66. The van der Waals surface area contributed by atoms with Crippen LogP contribution in [-0.4, -0.2) is 38.1 Å². The van der Waals surface area contributed by atoms with Gasteiger partial charge in [0, 0.05) is 24.5 Å². The van der Waals surface area contributed by atoms with Crippen LogP contribution in [0.1, 0.15) is 18.1 Å². The van der Waals surface area contributed by atoms with Gasteiger partial charge in [0.1, 0.15) is 11.6 Å². The summed E-state index contributed by atoms with van der Waals surface area (Å²) in [6.45, 7) is 5.70. The molecule has 0 amide bonds. The zero-order chi connectivity index (χ0) is 19.1. The van der Waals surface area contributed by atoms with Crippen molar-refractivity contribution in [3.05, 3.63) is 54.0 Å². The summed E-state index contributed by atoms with van der Waals surface area (Å²) in [5.74, 6) is 2.10. The predicted octanol–water partition coefficient (Wildman–Crippen LogP) is 2.73. The van der Waals surface area contributed by atoms with Crippen LogP contribution in [0.15, 0.2) is 42.9 Å². The van der Waals surface area contributed by atoms with Gasteiger partial charge < -0.3 is 20.5 Å². The molecule has 8 nitrogen and oxygen atoms in total. The van der Waals surface area contributed by atoms with Crippen molar-refractivity contribution in [2.75, 3.05) is 23.8 Å². The lowest BCUT2D eigenvalue weighted by Crippen LogP contribution is -2.06. The van der Waals surface area contributed by atoms with Gasteiger partial charge in [0.25, 0.3) is 0 Å². The highest BCUT2D eigenvalue weighted by molar-refractivity contribution is 5.54. The lowest BCUT2D eigenvalue weighted by molar-refractivity contribution is 0.269. The smallest absolute Gasteiger partial charge is 0.229 e. The minimum absolute atomic E-state index is 0.0424. The van der Waals surface area contributed by atoms with Crippen LogP contribution in [0.2, 0.25) is 0 Å². The first kappa shape index (κ1) is 18.7. The quantitative estimate of drug-likeness (QED) is 0.534. The van der Waals surface area contributed by atoms with Crippen molar-refractivity contribution in [2.24, 2.45) is 0 Å². The van der Waals surface area contributed by atoms with Gasteiger partial charge in [0.2, 0.25) is 5.95 Å². The van der Waals surface area contributed by atoms with Gasteiger partial charge >= 0.3 is 0 Å². The van der Waals surface area contributed by atoms with Crippen LogP contribution >= 0.6 is 0 Å². The van der Waals surface area contributed by atoms with E-state index in [-0.39, 0.29) is 6.61 Å². The maximum Gasteiger partial charge on any atom is 0.229 e. The third-order valence-corrected chi connectivity index (χ3v) is 3.86. The van der Waals surface area contributed by atoms with E-state index < -0.39 is 0 Å². The number of aliphatic hydroxyl groups excluding tert-OH is 1. The summed E-state index contributed by atoms with van der Waals surface area (Å²) in [6.07, 6.45) is 5.24. The van der Waals surface area contributed by atoms with E-state index in [9.17, 15) is 0 Å². The van der Waals surface area contributed by atoms with Crippen molar-refractivity contribution >= 4 is 17.5 Å². The molecule has 0 saturated heterocycles. The maximum atomic E-state index is 8.96. The van der Waals surface area contributed by atoms with Gasteiger partial charge in [0.15, 0.2) is 0 Å². The molecule has 0 bridgehead atoms. The highest BCUT2D eigenvalue weighted by Gasteiger charge is 2.06. The summed E-state index contributed by atoms with van der Waals surface area (Å²) in [5.41, 5.74) is 2.83. The molecule has 0 unspecified atom stereocenters. The standard InChI is InChI=1S/C19H24N6O2/c1-3-27-17-6-4-5-15(9-17)11-20-18-14(2)10-21-19(24-18)23-16-12-22-25(13-16)7-8-26/h4-6,9-10,12-13,26H,3,7-8,11H2,1-2H3,(H2,20,21,23,24). The summed E-state index contributed by atoms with van der Waals surface area (Å²) in [6, 6.07) is 7.98. The molecule has 3 aromatic rings. The predicted molar refractivity (Wildman–Crippen MR) is 104 cm³/mol. The summed E-state index contributed by atoms with van der Waals surface area (Å²) in [5, 5.41) is 19.6. The second kappa shape index (κ2) is 9.00. The van der Waals surface area contributed by atoms with Crippen molar-refractivity contribution in [3.63, 3.8) is 0 Å². The van der Waals surface area contributed by atoms with E-state index in [4.69, 9.17) is 9.84 Å². The fourth-order valence-electron chi connectivity index (χ4n) is 2.56. The van der Waals surface area contributed by atoms with E-state index in [1.165, 1.54) is 0 Å². The third-order valence-electron chi connectivity index (χ3n) is 3.86. The van der Waals surface area contributed by atoms with Crippen molar-refractivity contribution in [3.8, 4) is 5.75 Å². The molecule has 142 valence electrons. The molecule has 0 aliphatic heterocycles. The van der Waals surface area contributed by atoms with E-state index in [1.807, 2.05) is 38.1 Å². The number of ether oxygens (including phenoxy) is 1. The maximum absolute atomic E-state index is 8.96. The normalized spacial score (nSPS) is 10.6. The molecule has 0 aliphatic rings. The lowest BCUT2D eigenvalue weighted by atomic mass is 10.2. The molecule has 2 aromatic heterocycles. The zero-order valence-electron chi connectivity index (χ0n) is 15.5. The van der Waals surface area contributed by atoms with Gasteiger partial charge in [-0.05, 0) is 31.5 Å². The van der Waals surface area contributed by atoms with Crippen molar-refractivity contribution < 1.29 is 9.84 Å². The fourth-order valence-corrected chi connectivity index (χ4v) is 2.56. The molecule has 27 heavy (non-hydrogen) atoms. The molecule has 0 saturated carbocycles. The minimum atomic E-state index is 0.0424. The largest absolute Gasteiger partial charge is 0.494 e. The second-order valence-electron chi connectivity index (χ2n) is 6.00. The average molecular weight is 368 g/mol. The molecule has 0 spiro atoms. The summed E-state index contributed by atoms with van der Waals surface area (Å²) in [4.78, 5) is 8.86. The molecule has 0 atom stereocenters. The SMILES string of the molecule is CCOc1cccc(CNc2nc(Nc3cnn(CCO)c3)ncc2C)c1. The number of hydrogen-bond donors (Lipinski definition) is 3. The number of aryl methyl sites for hydroxylation is 1. The van der Waals surface area contributed by atoms with Crippen LogP contribution in [-0.2, 0) is 13.1 Å². The number of hydrogen-bond acceptors (Lipinski definition) is 7. The van der Waals surface area contributed by atoms with E-state index >= 15 is 0 Å². The molecule has 8 heteroatoms. The zero-order valence-corrected chi connectivity index (χ0v) is 15.5. The van der Waals surface area contributed by atoms with Gasteiger partial charge in [-0.15, -0.1) is 0 Å². The van der Waals surface area contributed by atoms with Crippen LogP contribution in [0, 0.1) is 6.92 Å². The second-order valence-corrected chi connectivity index (χ2v) is 6.00. The first-order chi connectivity index (χ1) is 13.2. The molecule has 0 fully saturated rings. The summed E-state index contributed by atoms with van der Waals surface area (Å²) < 4.78 is 7.19. The molecule has 3 N–H and O–H groups in total. The van der Waals surface area contributed by atoms with Crippen LogP contribution in [0.25, 0.3) is 0 Å². The van der Waals surface area contributed by atoms with Crippen LogP contribution in [0.4, 0.5) is 17.5 Å². The Morgan fingerprint density at radius 1 is 1.26 bits per heavy atom. The van der Waals surface area contributed by atoms with E-state index in [0.29, 0.717) is 25.6 Å². The Morgan fingerprint density at radius 3 is 2.96 bits per heavy atom. The van der Waals surface area contributed by atoms with Crippen molar-refractivity contribution in [1.82, 2.24) is 19.7 Å². The van der Waals surface area contributed by atoms with Crippen molar-refractivity contribution in [1.29, 1.82) is 0 Å². The molecule has 0 aliphatic carbocycles. The highest BCUT2D eigenvalue weighted by atomic mass is 16.5. The topological polar surface area (TPSA) is 97.1 Å². The van der Waals surface area contributed by atoms with Crippen LogP contribution in [0.5, 0.6) is 5.75 Å². The number of anilines is 3. The first-order valence-electron chi connectivity index (χ1n) is 8.87. The lowest BCUT2D eigenvalue weighted by Gasteiger charge is -2.11. The Bertz CT molecular complexity index is 880. The molecule has 3 rings (SSSR count). The molecule has 0 radical (unpaired) electrons. The third kappa shape index (κ3) is 5.18. The number of rotatable bonds is 9.